The third-order valence-corrected chi connectivity index (χ3v) is 5.07. The quantitative estimate of drug-likeness (QED) is 0.530. The number of esters is 2. The van der Waals surface area contributed by atoms with Crippen LogP contribution in [0.15, 0.2) is 18.2 Å². The highest BCUT2D eigenvalue weighted by Gasteiger charge is 2.57. The van der Waals surface area contributed by atoms with Crippen LogP contribution in [0.4, 0.5) is 0 Å². The number of aliphatic hydroxyl groups is 1. The highest BCUT2D eigenvalue weighted by atomic mass is 16.5. The Bertz CT molecular complexity index is 803. The highest BCUT2D eigenvalue weighted by molar-refractivity contribution is 6.02. The molecule has 0 radical (unpaired) electrons. The molecular weight excluding hydrogens is 392 g/mol. The second-order valence-corrected chi connectivity index (χ2v) is 8.38. The van der Waals surface area contributed by atoms with E-state index in [4.69, 9.17) is 14.2 Å². The maximum absolute atomic E-state index is 13.0. The molecule has 0 unspecified atom stereocenters. The number of Topliss-reactive ketones (excluding diaryl/α,β-unsaturated/α-hetero) is 1. The molecule has 0 aliphatic heterocycles. The summed E-state index contributed by atoms with van der Waals surface area (Å²) in [6.45, 7) is 8.04. The van der Waals surface area contributed by atoms with Crippen molar-refractivity contribution in [1.82, 2.24) is 0 Å². The number of hydrogen-bond acceptors (Lipinski definition) is 8. The lowest BCUT2D eigenvalue weighted by Gasteiger charge is -2.44. The van der Waals surface area contributed by atoms with E-state index < -0.39 is 59.7 Å². The number of carbonyl (C=O) groups is 3. The van der Waals surface area contributed by atoms with Crippen molar-refractivity contribution in [1.29, 1.82) is 0 Å². The lowest BCUT2D eigenvalue weighted by atomic mass is 9.61. The standard InChI is InChI=1S/C22H30O8/c1-11(2)29-20(25)18-15(24)10-22(5,27)19(21(26)30-12(3)4)17(18)13-7-8-14(23)16(9-13)28-6/h7-9,11-12,17-19,23,27H,10H2,1-6H3/t17-,18-,19-,22-/m1/s1. The van der Waals surface area contributed by atoms with Gasteiger partial charge in [0.25, 0.3) is 0 Å². The zero-order valence-electron chi connectivity index (χ0n) is 18.2. The Morgan fingerprint density at radius 3 is 2.20 bits per heavy atom. The fourth-order valence-corrected chi connectivity index (χ4v) is 3.93. The van der Waals surface area contributed by atoms with Gasteiger partial charge in [0, 0.05) is 12.3 Å². The van der Waals surface area contributed by atoms with Crippen molar-refractivity contribution in [3.8, 4) is 11.5 Å². The molecule has 0 bridgehead atoms. The van der Waals surface area contributed by atoms with Crippen molar-refractivity contribution in [2.24, 2.45) is 11.8 Å². The number of phenols is 1. The summed E-state index contributed by atoms with van der Waals surface area (Å²) in [5.41, 5.74) is -1.37. The first kappa shape index (κ1) is 23.7. The monoisotopic (exact) mass is 422 g/mol. The molecule has 8 heteroatoms. The summed E-state index contributed by atoms with van der Waals surface area (Å²) in [4.78, 5) is 38.8. The largest absolute Gasteiger partial charge is 0.504 e. The Hall–Kier alpha value is -2.61. The first-order chi connectivity index (χ1) is 13.9. The van der Waals surface area contributed by atoms with Crippen LogP contribution in [-0.4, -0.2) is 52.9 Å². The molecule has 166 valence electrons. The SMILES string of the molecule is COc1cc([C@@H]2[C@H](C(=O)OC(C)C)C(=O)C[C@@](C)(O)[C@H]2C(=O)OC(C)C)ccc1O. The fraction of sp³-hybridized carbons (Fsp3) is 0.591. The van der Waals surface area contributed by atoms with Crippen LogP contribution in [0.25, 0.3) is 0 Å². The van der Waals surface area contributed by atoms with Crippen LogP contribution < -0.4 is 4.74 Å². The highest BCUT2D eigenvalue weighted by Crippen LogP contribution is 2.48. The first-order valence-corrected chi connectivity index (χ1v) is 9.92. The maximum Gasteiger partial charge on any atom is 0.317 e. The van der Waals surface area contributed by atoms with E-state index in [0.29, 0.717) is 5.56 Å². The summed E-state index contributed by atoms with van der Waals surface area (Å²) < 4.78 is 15.8. The van der Waals surface area contributed by atoms with Gasteiger partial charge in [-0.25, -0.2) is 0 Å². The number of rotatable bonds is 6. The normalized spacial score (nSPS) is 26.6. The third-order valence-electron chi connectivity index (χ3n) is 5.07. The number of ether oxygens (including phenoxy) is 3. The molecular formula is C22H30O8. The first-order valence-electron chi connectivity index (χ1n) is 9.92. The maximum atomic E-state index is 13.0. The Labute approximate surface area is 176 Å². The number of phenolic OH excluding ortho intramolecular Hbond substituents is 1. The van der Waals surface area contributed by atoms with Crippen LogP contribution in [0.5, 0.6) is 11.5 Å². The van der Waals surface area contributed by atoms with Gasteiger partial charge in [0.15, 0.2) is 17.3 Å². The van der Waals surface area contributed by atoms with Gasteiger partial charge in [-0.2, -0.15) is 0 Å². The summed E-state index contributed by atoms with van der Waals surface area (Å²) in [7, 11) is 1.36. The Kier molecular flexibility index (Phi) is 7.13. The lowest BCUT2D eigenvalue weighted by Crippen LogP contribution is -2.55. The van der Waals surface area contributed by atoms with Crippen LogP contribution in [0.3, 0.4) is 0 Å². The fourth-order valence-electron chi connectivity index (χ4n) is 3.93. The molecule has 0 saturated heterocycles. The van der Waals surface area contributed by atoms with Crippen LogP contribution in [0.1, 0.15) is 52.5 Å². The van der Waals surface area contributed by atoms with Gasteiger partial charge >= 0.3 is 11.9 Å². The van der Waals surface area contributed by atoms with Gasteiger partial charge in [0.05, 0.1) is 30.8 Å². The van der Waals surface area contributed by atoms with E-state index in [1.54, 1.807) is 27.7 Å². The average Bonchev–Trinajstić information content (AvgIpc) is 2.59. The van der Waals surface area contributed by atoms with Gasteiger partial charge in [-0.3, -0.25) is 14.4 Å². The molecule has 1 aromatic carbocycles. The van der Waals surface area contributed by atoms with E-state index >= 15 is 0 Å². The van der Waals surface area contributed by atoms with Crippen LogP contribution in [0, 0.1) is 11.8 Å². The van der Waals surface area contributed by atoms with Gasteiger partial charge in [-0.05, 0) is 52.3 Å². The van der Waals surface area contributed by atoms with Crippen molar-refractivity contribution in [3.05, 3.63) is 23.8 Å². The van der Waals surface area contributed by atoms with Crippen molar-refractivity contribution in [3.63, 3.8) is 0 Å². The molecule has 1 aliphatic carbocycles. The number of carbonyl (C=O) groups excluding carboxylic acids is 3. The topological polar surface area (TPSA) is 119 Å². The minimum Gasteiger partial charge on any atom is -0.504 e. The molecule has 0 heterocycles. The van der Waals surface area contributed by atoms with Gasteiger partial charge in [-0.1, -0.05) is 6.07 Å². The van der Waals surface area contributed by atoms with E-state index in [9.17, 15) is 24.6 Å². The molecule has 1 fully saturated rings. The molecule has 0 spiro atoms. The molecule has 2 rings (SSSR count). The van der Waals surface area contributed by atoms with Crippen molar-refractivity contribution in [2.45, 2.75) is 64.8 Å². The predicted octanol–water partition coefficient (Wildman–Crippen LogP) is 2.34. The second kappa shape index (κ2) is 9.04. The Morgan fingerprint density at radius 2 is 1.67 bits per heavy atom. The van der Waals surface area contributed by atoms with Crippen molar-refractivity contribution < 1.29 is 38.8 Å². The Balaban J connectivity index is 2.67. The van der Waals surface area contributed by atoms with Crippen LogP contribution in [0.2, 0.25) is 0 Å². The second-order valence-electron chi connectivity index (χ2n) is 8.38. The molecule has 0 amide bonds. The third kappa shape index (κ3) is 4.92. The summed E-state index contributed by atoms with van der Waals surface area (Å²) in [6, 6.07) is 4.28. The van der Waals surface area contributed by atoms with Crippen molar-refractivity contribution >= 4 is 17.7 Å². The number of ketones is 1. The average molecular weight is 422 g/mol. The molecule has 4 atom stereocenters. The van der Waals surface area contributed by atoms with Crippen LogP contribution in [-0.2, 0) is 23.9 Å². The smallest absolute Gasteiger partial charge is 0.317 e. The lowest BCUT2D eigenvalue weighted by molar-refractivity contribution is -0.176. The number of benzene rings is 1. The van der Waals surface area contributed by atoms with E-state index in [0.717, 1.165) is 0 Å². The summed E-state index contributed by atoms with van der Waals surface area (Å²) in [6.07, 6.45) is -1.32. The minimum absolute atomic E-state index is 0.108. The summed E-state index contributed by atoms with van der Waals surface area (Å²) in [5, 5.41) is 21.0. The Morgan fingerprint density at radius 1 is 1.10 bits per heavy atom. The number of methoxy groups -OCH3 is 1. The molecule has 30 heavy (non-hydrogen) atoms. The predicted molar refractivity (Wildman–Crippen MR) is 107 cm³/mol. The van der Waals surface area contributed by atoms with Gasteiger partial charge in [0.2, 0.25) is 0 Å². The summed E-state index contributed by atoms with van der Waals surface area (Å²) in [5.74, 6) is -5.64. The van der Waals surface area contributed by atoms with Crippen LogP contribution >= 0.6 is 0 Å². The molecule has 0 aromatic heterocycles. The molecule has 1 saturated carbocycles. The minimum atomic E-state index is -1.74. The van der Waals surface area contributed by atoms with Crippen molar-refractivity contribution in [2.75, 3.05) is 7.11 Å². The molecule has 1 aliphatic rings. The van der Waals surface area contributed by atoms with E-state index in [2.05, 4.69) is 0 Å². The van der Waals surface area contributed by atoms with E-state index in [-0.39, 0.29) is 11.5 Å². The molecule has 1 aromatic rings. The van der Waals surface area contributed by atoms with E-state index in [1.807, 2.05) is 0 Å². The molecule has 2 N–H and O–H groups in total. The summed E-state index contributed by atoms with van der Waals surface area (Å²) >= 11 is 0. The van der Waals surface area contributed by atoms with Gasteiger partial charge in [-0.15, -0.1) is 0 Å². The zero-order chi connectivity index (χ0) is 22.8. The van der Waals surface area contributed by atoms with Gasteiger partial charge < -0.3 is 24.4 Å². The van der Waals surface area contributed by atoms with Gasteiger partial charge in [0.1, 0.15) is 5.92 Å². The number of hydrogen-bond donors (Lipinski definition) is 2. The van der Waals surface area contributed by atoms with E-state index in [1.165, 1.54) is 32.2 Å². The zero-order valence-corrected chi connectivity index (χ0v) is 18.2. The number of aromatic hydroxyl groups is 1. The molecule has 8 nitrogen and oxygen atoms in total.